The van der Waals surface area contributed by atoms with Gasteiger partial charge < -0.3 is 4.40 Å². The van der Waals surface area contributed by atoms with Crippen LogP contribution in [-0.4, -0.2) is 4.40 Å². The van der Waals surface area contributed by atoms with Gasteiger partial charge in [-0.1, -0.05) is 98.8 Å². The molecule has 0 spiro atoms. The Labute approximate surface area is 335 Å². The monoisotopic (exact) mass is 735 g/mol. The molecule has 1 aliphatic carbocycles. The first-order chi connectivity index (χ1) is 28.4. The van der Waals surface area contributed by atoms with Crippen molar-refractivity contribution in [2.24, 2.45) is 0 Å². The molecule has 0 unspecified atom stereocenters. The van der Waals surface area contributed by atoms with Gasteiger partial charge >= 0.3 is 0 Å². The topological polar surface area (TPSA) is 52.0 Å². The zero-order chi connectivity index (χ0) is 38.9. The van der Waals surface area contributed by atoms with Crippen LogP contribution in [0, 0.1) is 22.7 Å². The summed E-state index contributed by atoms with van der Waals surface area (Å²) in [5.41, 5.74) is 17.2. The van der Waals surface area contributed by atoms with Crippen molar-refractivity contribution in [1.82, 2.24) is 4.40 Å². The second-order valence-corrected chi connectivity index (χ2v) is 16.4. The smallest absolute Gasteiger partial charge is 0.0991 e. The SMILES string of the molecule is CC1(C)c2ccccc2-c2ccc(-c3cc4c5cc6ccc(-c7ccc(C#N)cc7)cc6cc5n5c6cc7cc(-c8ccc(C#N)cc8)ccc7cc6c(c3)c45)cc21. The van der Waals surface area contributed by atoms with E-state index in [4.69, 9.17) is 0 Å². The van der Waals surface area contributed by atoms with E-state index in [0.29, 0.717) is 11.1 Å². The molecule has 0 N–H and O–H groups in total. The molecular formula is C55H33N3. The highest BCUT2D eigenvalue weighted by molar-refractivity contribution is 6.27. The molecule has 0 atom stereocenters. The fourth-order valence-corrected chi connectivity index (χ4v) is 9.91. The molecule has 0 radical (unpaired) electrons. The van der Waals surface area contributed by atoms with Gasteiger partial charge in [-0.15, -0.1) is 0 Å². The van der Waals surface area contributed by atoms with Gasteiger partial charge in [0.05, 0.1) is 39.8 Å². The van der Waals surface area contributed by atoms with E-state index in [1.807, 2.05) is 48.5 Å². The molecule has 1 aliphatic rings. The summed E-state index contributed by atoms with van der Waals surface area (Å²) < 4.78 is 2.49. The Morgan fingerprint density at radius 1 is 0.397 bits per heavy atom. The number of nitrogens with zero attached hydrogens (tertiary/aromatic N) is 3. The first-order valence-electron chi connectivity index (χ1n) is 19.8. The lowest BCUT2D eigenvalue weighted by Gasteiger charge is -2.22. The standard InChI is InChI=1S/C55H33N3/c1-55(2)50-6-4-3-5-44(50)45-20-19-40(27-51(45)55)43-25-48-46-23-38-17-15-36(34-11-7-32(30-56)8-12-34)21-41(38)28-52(46)58-53-29-42-22-37(35-13-9-33(31-57)10-14-35)16-18-39(42)24-47(53)49(26-43)54(48)58/h3-29H,1-2H3. The first-order valence-corrected chi connectivity index (χ1v) is 19.8. The Morgan fingerprint density at radius 3 is 1.43 bits per heavy atom. The van der Waals surface area contributed by atoms with E-state index in [9.17, 15) is 10.5 Å². The molecule has 3 nitrogen and oxygen atoms in total. The van der Waals surface area contributed by atoms with Crippen molar-refractivity contribution in [3.05, 3.63) is 186 Å². The molecule has 58 heavy (non-hydrogen) atoms. The van der Waals surface area contributed by atoms with Crippen LogP contribution in [-0.2, 0) is 5.41 Å². The van der Waals surface area contributed by atoms with Crippen LogP contribution in [0.1, 0.15) is 36.1 Å². The maximum Gasteiger partial charge on any atom is 0.0991 e. The number of rotatable bonds is 3. The van der Waals surface area contributed by atoms with Gasteiger partial charge in [-0.2, -0.15) is 10.5 Å². The summed E-state index contributed by atoms with van der Waals surface area (Å²) in [5.74, 6) is 0. The van der Waals surface area contributed by atoms with Gasteiger partial charge in [0, 0.05) is 27.0 Å². The van der Waals surface area contributed by atoms with Gasteiger partial charge in [0.15, 0.2) is 0 Å². The van der Waals surface area contributed by atoms with E-state index in [2.05, 4.69) is 146 Å². The van der Waals surface area contributed by atoms with Crippen molar-refractivity contribution in [3.63, 3.8) is 0 Å². The van der Waals surface area contributed by atoms with Crippen molar-refractivity contribution in [1.29, 1.82) is 10.5 Å². The van der Waals surface area contributed by atoms with Crippen LogP contribution in [0.15, 0.2) is 164 Å². The van der Waals surface area contributed by atoms with Crippen LogP contribution < -0.4 is 0 Å². The van der Waals surface area contributed by atoms with Crippen molar-refractivity contribution in [2.45, 2.75) is 19.3 Å². The molecule has 0 fully saturated rings. The summed E-state index contributed by atoms with van der Waals surface area (Å²) in [4.78, 5) is 0. The molecule has 3 heteroatoms. The minimum atomic E-state index is -0.0868. The molecule has 0 saturated carbocycles. The Bertz CT molecular complexity index is 3460. The van der Waals surface area contributed by atoms with Gasteiger partial charge in [0.25, 0.3) is 0 Å². The van der Waals surface area contributed by atoms with Crippen molar-refractivity contribution in [3.8, 4) is 56.6 Å². The Balaban J connectivity index is 1.12. The van der Waals surface area contributed by atoms with Crippen LogP contribution in [0.5, 0.6) is 0 Å². The van der Waals surface area contributed by atoms with Crippen molar-refractivity contribution < 1.29 is 0 Å². The lowest BCUT2D eigenvalue weighted by molar-refractivity contribution is 0.660. The lowest BCUT2D eigenvalue weighted by Crippen LogP contribution is -2.14. The molecular weight excluding hydrogens is 703 g/mol. The maximum atomic E-state index is 9.38. The van der Waals surface area contributed by atoms with E-state index < -0.39 is 0 Å². The Morgan fingerprint density at radius 2 is 0.879 bits per heavy atom. The molecule has 12 rings (SSSR count). The van der Waals surface area contributed by atoms with E-state index in [-0.39, 0.29) is 5.41 Å². The van der Waals surface area contributed by atoms with E-state index >= 15 is 0 Å². The van der Waals surface area contributed by atoms with Gasteiger partial charge in [0.1, 0.15) is 0 Å². The van der Waals surface area contributed by atoms with Gasteiger partial charge in [-0.05, 0) is 156 Å². The Hall–Kier alpha value is -7.72. The quantitative estimate of drug-likeness (QED) is 0.181. The van der Waals surface area contributed by atoms with Gasteiger partial charge in [0.2, 0.25) is 0 Å². The summed E-state index contributed by atoms with van der Waals surface area (Å²) in [6, 6.07) is 63.8. The van der Waals surface area contributed by atoms with Crippen molar-refractivity contribution in [2.75, 3.05) is 0 Å². The van der Waals surface area contributed by atoms with Crippen LogP contribution in [0.3, 0.4) is 0 Å². The summed E-state index contributed by atoms with van der Waals surface area (Å²) in [7, 11) is 0. The van der Waals surface area contributed by atoms with Crippen LogP contribution >= 0.6 is 0 Å². The number of nitriles is 2. The van der Waals surface area contributed by atoms with Crippen molar-refractivity contribution >= 4 is 59.6 Å². The molecule has 11 aromatic rings. The third-order valence-electron chi connectivity index (χ3n) is 12.9. The fraction of sp³-hybridized carbons (Fsp3) is 0.0545. The molecule has 0 amide bonds. The number of hydrogen-bond donors (Lipinski definition) is 0. The third kappa shape index (κ3) is 4.53. The van der Waals surface area contributed by atoms with Crippen LogP contribution in [0.25, 0.3) is 104 Å². The highest BCUT2D eigenvalue weighted by Gasteiger charge is 2.35. The Kier molecular flexibility index (Phi) is 6.53. The van der Waals surface area contributed by atoms with E-state index in [0.717, 1.165) is 22.3 Å². The average molecular weight is 736 g/mol. The molecule has 268 valence electrons. The minimum Gasteiger partial charge on any atom is -0.308 e. The second-order valence-electron chi connectivity index (χ2n) is 16.4. The average Bonchev–Trinajstić information content (AvgIpc) is 3.85. The molecule has 9 aromatic carbocycles. The highest BCUT2D eigenvalue weighted by atomic mass is 14.9. The summed E-state index contributed by atoms with van der Waals surface area (Å²) in [5, 5.41) is 28.5. The second kappa shape index (κ2) is 11.7. The van der Waals surface area contributed by atoms with E-state index in [1.54, 1.807) is 0 Å². The fourth-order valence-electron chi connectivity index (χ4n) is 9.91. The normalized spacial score (nSPS) is 13.1. The van der Waals surface area contributed by atoms with Crippen LogP contribution in [0.2, 0.25) is 0 Å². The predicted octanol–water partition coefficient (Wildman–Crippen LogP) is 14.2. The molecule has 0 bridgehead atoms. The third-order valence-corrected chi connectivity index (χ3v) is 12.9. The van der Waals surface area contributed by atoms with E-state index in [1.165, 1.54) is 93.0 Å². The number of hydrogen-bond acceptors (Lipinski definition) is 2. The van der Waals surface area contributed by atoms with Crippen LogP contribution in [0.4, 0.5) is 0 Å². The highest BCUT2D eigenvalue weighted by Crippen LogP contribution is 2.50. The molecule has 2 aromatic heterocycles. The lowest BCUT2D eigenvalue weighted by atomic mass is 9.81. The zero-order valence-electron chi connectivity index (χ0n) is 31.9. The first kappa shape index (κ1) is 32.5. The summed E-state index contributed by atoms with van der Waals surface area (Å²) in [6.45, 7) is 4.70. The number of benzene rings is 9. The molecule has 2 heterocycles. The molecule has 0 aliphatic heterocycles. The summed E-state index contributed by atoms with van der Waals surface area (Å²) in [6.07, 6.45) is 0. The van der Waals surface area contributed by atoms with Gasteiger partial charge in [-0.25, -0.2) is 0 Å². The summed E-state index contributed by atoms with van der Waals surface area (Å²) >= 11 is 0. The maximum absolute atomic E-state index is 9.38. The number of aromatic nitrogens is 1. The zero-order valence-corrected chi connectivity index (χ0v) is 31.9. The minimum absolute atomic E-state index is 0.0868. The predicted molar refractivity (Wildman–Crippen MR) is 239 cm³/mol. The van der Waals surface area contributed by atoms with Gasteiger partial charge in [-0.3, -0.25) is 0 Å². The largest absolute Gasteiger partial charge is 0.308 e. The molecule has 0 saturated heterocycles. The number of fused-ring (bicyclic) bond motifs is 11.